The molecule has 1 N–H and O–H groups in total. The lowest BCUT2D eigenvalue weighted by Gasteiger charge is -2.20. The van der Waals surface area contributed by atoms with Gasteiger partial charge in [0.1, 0.15) is 0 Å². The van der Waals surface area contributed by atoms with Crippen LogP contribution < -0.4 is 5.32 Å². The van der Waals surface area contributed by atoms with Gasteiger partial charge in [0.2, 0.25) is 5.91 Å². The Hall–Kier alpha value is -2.44. The second kappa shape index (κ2) is 7.42. The van der Waals surface area contributed by atoms with Crippen molar-refractivity contribution < 1.29 is 18.0 Å². The van der Waals surface area contributed by atoms with Crippen LogP contribution in [0.15, 0.2) is 42.9 Å². The molecule has 0 saturated heterocycles. The van der Waals surface area contributed by atoms with Crippen LogP contribution in [0.1, 0.15) is 43.1 Å². The first-order valence-electron chi connectivity index (χ1n) is 7.50. The van der Waals surface area contributed by atoms with Crippen LogP contribution in [0.25, 0.3) is 0 Å². The van der Waals surface area contributed by atoms with Crippen molar-refractivity contribution in [3.63, 3.8) is 0 Å². The molecule has 1 heterocycles. The number of carbonyl (C=O) groups excluding carboxylic acids is 1. The van der Waals surface area contributed by atoms with E-state index >= 15 is 0 Å². The van der Waals surface area contributed by atoms with E-state index in [1.807, 2.05) is 13.8 Å². The summed E-state index contributed by atoms with van der Waals surface area (Å²) in [5, 5.41) is 2.82. The van der Waals surface area contributed by atoms with Gasteiger partial charge in [-0.05, 0) is 23.6 Å². The highest BCUT2D eigenvalue weighted by Crippen LogP contribution is 2.30. The van der Waals surface area contributed by atoms with Crippen molar-refractivity contribution >= 4 is 5.91 Å². The van der Waals surface area contributed by atoms with Crippen molar-refractivity contribution in [3.05, 3.63) is 59.7 Å². The van der Waals surface area contributed by atoms with E-state index < -0.39 is 17.8 Å². The molecule has 7 heteroatoms. The topological polar surface area (TPSA) is 54.9 Å². The fraction of sp³-hybridized carbons (Fsp3) is 0.353. The van der Waals surface area contributed by atoms with E-state index in [9.17, 15) is 18.0 Å². The Bertz CT molecular complexity index is 670. The summed E-state index contributed by atoms with van der Waals surface area (Å²) in [7, 11) is 0. The highest BCUT2D eigenvalue weighted by molar-refractivity contribution is 5.77. The van der Waals surface area contributed by atoms with Gasteiger partial charge >= 0.3 is 6.18 Å². The van der Waals surface area contributed by atoms with Gasteiger partial charge in [-0.1, -0.05) is 26.0 Å². The molecule has 0 bridgehead atoms. The van der Waals surface area contributed by atoms with Crippen LogP contribution in [0.3, 0.4) is 0 Å². The maximum absolute atomic E-state index is 12.7. The van der Waals surface area contributed by atoms with Crippen molar-refractivity contribution in [1.82, 2.24) is 15.3 Å². The Morgan fingerprint density at radius 3 is 2.33 bits per heavy atom. The molecule has 1 aromatic heterocycles. The number of nitrogens with one attached hydrogen (secondary N) is 1. The number of rotatable bonds is 5. The first-order chi connectivity index (χ1) is 11.3. The van der Waals surface area contributed by atoms with Crippen molar-refractivity contribution in [1.29, 1.82) is 0 Å². The fourth-order valence-electron chi connectivity index (χ4n) is 2.24. The molecule has 0 spiro atoms. The third kappa shape index (κ3) is 4.78. The fourth-order valence-corrected chi connectivity index (χ4v) is 2.24. The number of nitrogens with zero attached hydrogens (tertiary/aromatic N) is 2. The summed E-state index contributed by atoms with van der Waals surface area (Å²) in [5.41, 5.74) is 0.243. The molecule has 2 aromatic rings. The number of alkyl halides is 3. The van der Waals surface area contributed by atoms with Gasteiger partial charge in [-0.2, -0.15) is 13.2 Å². The number of halogens is 3. The van der Waals surface area contributed by atoms with E-state index in [0.717, 1.165) is 12.1 Å². The molecule has 1 unspecified atom stereocenters. The summed E-state index contributed by atoms with van der Waals surface area (Å²) in [6.45, 7) is 3.82. The standard InChI is InChI=1S/C17H18F3N3O/c1-11(2)9-15(24)23-16(14-10-21-7-8-22-14)12-3-5-13(6-4-12)17(18,19)20/h3-8,10-11,16H,9H2,1-2H3,(H,23,24). The molecule has 0 aliphatic carbocycles. The third-order valence-electron chi connectivity index (χ3n) is 3.35. The average molecular weight is 337 g/mol. The second-order valence-electron chi connectivity index (χ2n) is 5.85. The number of hydrogen-bond acceptors (Lipinski definition) is 3. The second-order valence-corrected chi connectivity index (χ2v) is 5.85. The van der Waals surface area contributed by atoms with Crippen molar-refractivity contribution in [2.24, 2.45) is 5.92 Å². The van der Waals surface area contributed by atoms with Gasteiger partial charge in [0, 0.05) is 18.8 Å². The summed E-state index contributed by atoms with van der Waals surface area (Å²) in [5.74, 6) is -0.0272. The summed E-state index contributed by atoms with van der Waals surface area (Å²) < 4.78 is 38.1. The van der Waals surface area contributed by atoms with Gasteiger partial charge in [0.15, 0.2) is 0 Å². The largest absolute Gasteiger partial charge is 0.416 e. The Morgan fingerprint density at radius 2 is 1.83 bits per heavy atom. The summed E-state index contributed by atoms with van der Waals surface area (Å²) in [6.07, 6.45) is 0.362. The predicted octanol–water partition coefficient (Wildman–Crippen LogP) is 3.75. The third-order valence-corrected chi connectivity index (χ3v) is 3.35. The number of aromatic nitrogens is 2. The van der Waals surface area contributed by atoms with Crippen molar-refractivity contribution in [2.75, 3.05) is 0 Å². The van der Waals surface area contributed by atoms with Gasteiger partial charge < -0.3 is 5.32 Å². The molecule has 0 aliphatic rings. The Morgan fingerprint density at radius 1 is 1.17 bits per heavy atom. The molecule has 1 atom stereocenters. The number of carbonyl (C=O) groups is 1. The summed E-state index contributed by atoms with van der Waals surface area (Å²) >= 11 is 0. The first-order valence-corrected chi connectivity index (χ1v) is 7.50. The van der Waals surface area contributed by atoms with Crippen LogP contribution in [-0.2, 0) is 11.0 Å². The van der Waals surface area contributed by atoms with E-state index in [-0.39, 0.29) is 11.8 Å². The van der Waals surface area contributed by atoms with Crippen molar-refractivity contribution in [2.45, 2.75) is 32.5 Å². The molecule has 0 fully saturated rings. The zero-order chi connectivity index (χ0) is 17.7. The van der Waals surface area contributed by atoms with Crippen LogP contribution in [0.4, 0.5) is 13.2 Å². The molecule has 0 saturated carbocycles. The van der Waals surface area contributed by atoms with Gasteiger partial charge in [-0.3, -0.25) is 14.8 Å². The Labute approximate surface area is 138 Å². The highest BCUT2D eigenvalue weighted by atomic mass is 19.4. The lowest BCUT2D eigenvalue weighted by atomic mass is 10.0. The van der Waals surface area contributed by atoms with E-state index in [0.29, 0.717) is 17.7 Å². The zero-order valence-electron chi connectivity index (χ0n) is 13.3. The molecule has 128 valence electrons. The van der Waals surface area contributed by atoms with E-state index in [4.69, 9.17) is 0 Å². The Balaban J connectivity index is 2.30. The lowest BCUT2D eigenvalue weighted by molar-refractivity contribution is -0.137. The molecule has 0 radical (unpaired) electrons. The maximum Gasteiger partial charge on any atom is 0.416 e. The maximum atomic E-state index is 12.7. The molecule has 0 aliphatic heterocycles. The average Bonchev–Trinajstić information content (AvgIpc) is 2.52. The normalized spacial score (nSPS) is 12.9. The molecular weight excluding hydrogens is 319 g/mol. The molecular formula is C17H18F3N3O. The van der Waals surface area contributed by atoms with E-state index in [2.05, 4.69) is 15.3 Å². The van der Waals surface area contributed by atoms with E-state index in [1.165, 1.54) is 30.7 Å². The van der Waals surface area contributed by atoms with Crippen LogP contribution in [-0.4, -0.2) is 15.9 Å². The lowest BCUT2D eigenvalue weighted by Crippen LogP contribution is -2.30. The molecule has 1 aromatic carbocycles. The zero-order valence-corrected chi connectivity index (χ0v) is 13.3. The van der Waals surface area contributed by atoms with Crippen molar-refractivity contribution in [3.8, 4) is 0 Å². The first kappa shape index (κ1) is 17.9. The molecule has 1 amide bonds. The van der Waals surface area contributed by atoms with Crippen LogP contribution in [0, 0.1) is 5.92 Å². The monoisotopic (exact) mass is 337 g/mol. The smallest absolute Gasteiger partial charge is 0.344 e. The Kier molecular flexibility index (Phi) is 5.54. The van der Waals surface area contributed by atoms with Gasteiger partial charge in [-0.15, -0.1) is 0 Å². The quantitative estimate of drug-likeness (QED) is 0.904. The minimum Gasteiger partial charge on any atom is -0.344 e. The SMILES string of the molecule is CC(C)CC(=O)NC(c1ccc(C(F)(F)F)cc1)c1cnccn1. The molecule has 2 rings (SSSR count). The number of hydrogen-bond donors (Lipinski definition) is 1. The van der Waals surface area contributed by atoms with Gasteiger partial charge in [-0.25, -0.2) is 0 Å². The van der Waals surface area contributed by atoms with Crippen LogP contribution in [0.5, 0.6) is 0 Å². The van der Waals surface area contributed by atoms with Gasteiger partial charge in [0.25, 0.3) is 0 Å². The summed E-state index contributed by atoms with van der Waals surface area (Å²) in [4.78, 5) is 20.2. The number of amides is 1. The number of benzene rings is 1. The van der Waals surface area contributed by atoms with E-state index in [1.54, 1.807) is 0 Å². The highest BCUT2D eigenvalue weighted by Gasteiger charge is 2.30. The molecule has 4 nitrogen and oxygen atoms in total. The predicted molar refractivity (Wildman–Crippen MR) is 82.9 cm³/mol. The minimum absolute atomic E-state index is 0.167. The molecule has 24 heavy (non-hydrogen) atoms. The van der Waals surface area contributed by atoms with Gasteiger partial charge in [0.05, 0.1) is 23.5 Å². The van der Waals surface area contributed by atoms with Crippen LogP contribution in [0.2, 0.25) is 0 Å². The summed E-state index contributed by atoms with van der Waals surface area (Å²) in [6, 6.07) is 4.03. The minimum atomic E-state index is -4.40. The van der Waals surface area contributed by atoms with Crippen LogP contribution >= 0.6 is 0 Å².